The predicted molar refractivity (Wildman–Crippen MR) is 52.9 cm³/mol. The highest BCUT2D eigenvalue weighted by atomic mass is 19.3. The molecule has 0 aromatic rings. The predicted octanol–water partition coefficient (Wildman–Crippen LogP) is -0.339. The van der Waals surface area contributed by atoms with Gasteiger partial charge in [-0.15, -0.1) is 0 Å². The highest BCUT2D eigenvalue weighted by molar-refractivity contribution is 5.81. The number of piperazine rings is 1. The van der Waals surface area contributed by atoms with Gasteiger partial charge in [0, 0.05) is 26.2 Å². The fraction of sp³-hybridized carbons (Fsp3) is 0.889. The summed E-state index contributed by atoms with van der Waals surface area (Å²) < 4.78 is 23.7. The highest BCUT2D eigenvalue weighted by Gasteiger charge is 2.22. The van der Waals surface area contributed by atoms with Crippen molar-refractivity contribution in [3.05, 3.63) is 0 Å². The van der Waals surface area contributed by atoms with Crippen molar-refractivity contribution in [2.75, 3.05) is 32.7 Å². The number of carbonyl (C=O) groups is 1. The zero-order valence-electron chi connectivity index (χ0n) is 8.80. The van der Waals surface area contributed by atoms with Crippen LogP contribution in [0.15, 0.2) is 0 Å². The standard InChI is InChI=1S/C9H17F2N3O/c1-7(9(15)13-6-8(10)11)14-4-2-12-3-5-14/h7-8,12H,2-6H2,1H3,(H,13,15). The van der Waals surface area contributed by atoms with Crippen LogP contribution in [-0.4, -0.2) is 56.0 Å². The van der Waals surface area contributed by atoms with E-state index in [2.05, 4.69) is 10.6 Å². The van der Waals surface area contributed by atoms with Crippen molar-refractivity contribution in [1.82, 2.24) is 15.5 Å². The molecule has 1 unspecified atom stereocenters. The summed E-state index contributed by atoms with van der Waals surface area (Å²) in [6, 6.07) is -0.328. The third kappa shape index (κ3) is 4.09. The van der Waals surface area contributed by atoms with E-state index in [9.17, 15) is 13.6 Å². The van der Waals surface area contributed by atoms with Crippen molar-refractivity contribution in [2.24, 2.45) is 0 Å². The lowest BCUT2D eigenvalue weighted by atomic mass is 10.2. The minimum absolute atomic E-state index is 0.322. The summed E-state index contributed by atoms with van der Waals surface area (Å²) in [6.45, 7) is 4.42. The zero-order chi connectivity index (χ0) is 11.3. The second-order valence-corrected chi connectivity index (χ2v) is 3.60. The van der Waals surface area contributed by atoms with Gasteiger partial charge in [-0.05, 0) is 6.92 Å². The summed E-state index contributed by atoms with van der Waals surface area (Å²) in [5, 5.41) is 5.39. The molecule has 0 bridgehead atoms. The first-order valence-electron chi connectivity index (χ1n) is 5.12. The van der Waals surface area contributed by atoms with E-state index >= 15 is 0 Å². The van der Waals surface area contributed by atoms with Crippen molar-refractivity contribution >= 4 is 5.91 Å². The minimum Gasteiger partial charge on any atom is -0.349 e. The van der Waals surface area contributed by atoms with Gasteiger partial charge in [0.25, 0.3) is 6.43 Å². The van der Waals surface area contributed by atoms with Gasteiger partial charge in [-0.25, -0.2) is 8.78 Å². The molecule has 1 saturated heterocycles. The number of nitrogens with zero attached hydrogens (tertiary/aromatic N) is 1. The monoisotopic (exact) mass is 221 g/mol. The van der Waals surface area contributed by atoms with Gasteiger partial charge in [-0.1, -0.05) is 0 Å². The number of hydrogen-bond acceptors (Lipinski definition) is 3. The number of alkyl halides is 2. The Morgan fingerprint density at radius 3 is 2.60 bits per heavy atom. The van der Waals surface area contributed by atoms with Gasteiger partial charge in [0.2, 0.25) is 5.91 Å². The Hall–Kier alpha value is -0.750. The summed E-state index contributed by atoms with van der Waals surface area (Å²) in [6.07, 6.45) is -2.48. The van der Waals surface area contributed by atoms with Crippen LogP contribution < -0.4 is 10.6 Å². The number of halogens is 2. The Kier molecular flexibility index (Phi) is 4.90. The minimum atomic E-state index is -2.48. The Bertz CT molecular complexity index is 208. The number of amides is 1. The molecule has 6 heteroatoms. The molecular weight excluding hydrogens is 204 g/mol. The van der Waals surface area contributed by atoms with Crippen LogP contribution in [-0.2, 0) is 4.79 Å². The lowest BCUT2D eigenvalue weighted by Gasteiger charge is -2.31. The Labute approximate surface area is 88.0 Å². The second-order valence-electron chi connectivity index (χ2n) is 3.60. The van der Waals surface area contributed by atoms with Gasteiger partial charge in [-0.3, -0.25) is 9.69 Å². The van der Waals surface area contributed by atoms with Crippen LogP contribution in [0.25, 0.3) is 0 Å². The molecular formula is C9H17F2N3O. The quantitative estimate of drug-likeness (QED) is 0.682. The van der Waals surface area contributed by atoms with Crippen LogP contribution in [0.5, 0.6) is 0 Å². The van der Waals surface area contributed by atoms with Crippen LogP contribution in [0.2, 0.25) is 0 Å². The molecule has 0 saturated carbocycles. The van der Waals surface area contributed by atoms with Gasteiger partial charge in [0.15, 0.2) is 0 Å². The van der Waals surface area contributed by atoms with Crippen LogP contribution in [0.4, 0.5) is 8.78 Å². The Balaban J connectivity index is 2.30. The molecule has 0 aromatic heterocycles. The molecule has 88 valence electrons. The van der Waals surface area contributed by atoms with E-state index in [0.29, 0.717) is 0 Å². The van der Waals surface area contributed by atoms with Crippen LogP contribution in [0, 0.1) is 0 Å². The van der Waals surface area contributed by atoms with E-state index in [0.717, 1.165) is 26.2 Å². The molecule has 4 nitrogen and oxygen atoms in total. The highest BCUT2D eigenvalue weighted by Crippen LogP contribution is 2.01. The molecule has 1 fully saturated rings. The SMILES string of the molecule is CC(C(=O)NCC(F)F)N1CCNCC1. The molecule has 1 atom stereocenters. The Morgan fingerprint density at radius 2 is 2.07 bits per heavy atom. The topological polar surface area (TPSA) is 44.4 Å². The summed E-state index contributed by atoms with van der Waals surface area (Å²) >= 11 is 0. The van der Waals surface area contributed by atoms with Gasteiger partial charge in [-0.2, -0.15) is 0 Å². The summed E-state index contributed by atoms with van der Waals surface area (Å²) in [5.41, 5.74) is 0. The van der Waals surface area contributed by atoms with Gasteiger partial charge < -0.3 is 10.6 Å². The fourth-order valence-electron chi connectivity index (χ4n) is 1.56. The molecule has 0 aromatic carbocycles. The molecule has 1 aliphatic heterocycles. The van der Waals surface area contributed by atoms with E-state index in [4.69, 9.17) is 0 Å². The maximum atomic E-state index is 11.9. The first kappa shape index (κ1) is 12.3. The first-order valence-corrected chi connectivity index (χ1v) is 5.12. The first-order chi connectivity index (χ1) is 7.11. The molecule has 1 amide bonds. The maximum Gasteiger partial charge on any atom is 0.255 e. The smallest absolute Gasteiger partial charge is 0.255 e. The van der Waals surface area contributed by atoms with E-state index < -0.39 is 13.0 Å². The lowest BCUT2D eigenvalue weighted by molar-refractivity contribution is -0.126. The van der Waals surface area contributed by atoms with Gasteiger partial charge in [0.05, 0.1) is 12.6 Å². The average molecular weight is 221 g/mol. The van der Waals surface area contributed by atoms with Gasteiger partial charge in [0.1, 0.15) is 0 Å². The molecule has 0 spiro atoms. The number of carbonyl (C=O) groups excluding carboxylic acids is 1. The summed E-state index contributed by atoms with van der Waals surface area (Å²) in [4.78, 5) is 13.4. The van der Waals surface area contributed by atoms with Crippen molar-refractivity contribution in [3.63, 3.8) is 0 Å². The fourth-order valence-corrected chi connectivity index (χ4v) is 1.56. The molecule has 15 heavy (non-hydrogen) atoms. The zero-order valence-corrected chi connectivity index (χ0v) is 8.80. The lowest BCUT2D eigenvalue weighted by Crippen LogP contribution is -2.53. The molecule has 2 N–H and O–H groups in total. The summed E-state index contributed by atoms with van der Waals surface area (Å²) in [7, 11) is 0. The average Bonchev–Trinajstić information content (AvgIpc) is 2.26. The number of hydrogen-bond donors (Lipinski definition) is 2. The van der Waals surface area contributed by atoms with Crippen LogP contribution in [0.1, 0.15) is 6.92 Å². The molecule has 1 rings (SSSR count). The van der Waals surface area contributed by atoms with Crippen LogP contribution >= 0.6 is 0 Å². The van der Waals surface area contributed by atoms with E-state index in [1.54, 1.807) is 6.92 Å². The largest absolute Gasteiger partial charge is 0.349 e. The third-order valence-corrected chi connectivity index (χ3v) is 2.51. The van der Waals surface area contributed by atoms with Crippen LogP contribution in [0.3, 0.4) is 0 Å². The molecule has 0 radical (unpaired) electrons. The summed E-state index contributed by atoms with van der Waals surface area (Å²) in [5.74, 6) is -0.322. The molecule has 1 heterocycles. The number of rotatable bonds is 4. The van der Waals surface area contributed by atoms with E-state index in [1.807, 2.05) is 4.90 Å². The van der Waals surface area contributed by atoms with Gasteiger partial charge >= 0.3 is 0 Å². The Morgan fingerprint density at radius 1 is 1.47 bits per heavy atom. The van der Waals surface area contributed by atoms with Crippen molar-refractivity contribution in [1.29, 1.82) is 0 Å². The van der Waals surface area contributed by atoms with E-state index in [-0.39, 0.29) is 11.9 Å². The van der Waals surface area contributed by atoms with Crippen molar-refractivity contribution in [3.8, 4) is 0 Å². The van der Waals surface area contributed by atoms with Crippen molar-refractivity contribution < 1.29 is 13.6 Å². The van der Waals surface area contributed by atoms with E-state index in [1.165, 1.54) is 0 Å². The number of nitrogens with one attached hydrogen (secondary N) is 2. The molecule has 1 aliphatic rings. The van der Waals surface area contributed by atoms with Crippen molar-refractivity contribution in [2.45, 2.75) is 19.4 Å². The maximum absolute atomic E-state index is 11.9. The normalized spacial score (nSPS) is 20.3. The molecule has 0 aliphatic carbocycles. The third-order valence-electron chi connectivity index (χ3n) is 2.51. The second kappa shape index (κ2) is 5.97.